The van der Waals surface area contributed by atoms with Crippen LogP contribution in [0.25, 0.3) is 0 Å². The van der Waals surface area contributed by atoms with Gasteiger partial charge in [-0.25, -0.2) is 0 Å². The summed E-state index contributed by atoms with van der Waals surface area (Å²) in [5, 5.41) is 9.46. The highest BCUT2D eigenvalue weighted by Gasteiger charge is 2.42. The van der Waals surface area contributed by atoms with Gasteiger partial charge < -0.3 is 9.53 Å². The number of carboxylic acid groups (broad SMARTS) is 1. The van der Waals surface area contributed by atoms with E-state index in [1.165, 1.54) is 0 Å². The third kappa shape index (κ3) is 8.52. The van der Waals surface area contributed by atoms with Gasteiger partial charge in [-0.1, -0.05) is 45.5 Å². The highest BCUT2D eigenvalue weighted by atomic mass is 28.4. The molecule has 2 atom stereocenters. The van der Waals surface area contributed by atoms with Crippen LogP contribution in [0.5, 0.6) is 0 Å². The minimum absolute atomic E-state index is 0.0278. The molecule has 0 saturated heterocycles. The van der Waals surface area contributed by atoms with Crippen molar-refractivity contribution in [1.29, 1.82) is 0 Å². The van der Waals surface area contributed by atoms with Gasteiger partial charge in [-0.15, -0.1) is 0 Å². The maximum Gasteiger partial charge on any atom is 0.303 e. The molecule has 0 radical (unpaired) electrons. The number of hydrogen-bond acceptors (Lipinski definition) is 4. The lowest BCUT2D eigenvalue weighted by Crippen LogP contribution is -2.33. The molecule has 0 spiro atoms. The van der Waals surface area contributed by atoms with E-state index in [-0.39, 0.29) is 36.1 Å². The average molecular weight is 439 g/mol. The number of hydrogen-bond donors (Lipinski definition) is 1. The van der Waals surface area contributed by atoms with Crippen molar-refractivity contribution in [1.82, 2.24) is 0 Å². The fraction of sp³-hybridized carbons (Fsp3) is 0.682. The fourth-order valence-corrected chi connectivity index (χ4v) is 6.72. The van der Waals surface area contributed by atoms with Crippen molar-refractivity contribution in [2.45, 2.75) is 96.4 Å². The van der Waals surface area contributed by atoms with Gasteiger partial charge in [0.1, 0.15) is 0 Å². The quantitative estimate of drug-likeness (QED) is 0.252. The van der Waals surface area contributed by atoms with Gasteiger partial charge in [0, 0.05) is 24.8 Å². The van der Waals surface area contributed by atoms with Crippen molar-refractivity contribution in [2.75, 3.05) is 0 Å². The molecule has 0 aromatic carbocycles. The largest absolute Gasteiger partial charge is 0.481 e. The predicted molar refractivity (Wildman–Crippen MR) is 123 cm³/mol. The average Bonchev–Trinajstić information content (AvgIpc) is 2.82. The Bertz CT molecular complexity index is 680. The topological polar surface area (TPSA) is 80.7 Å². The van der Waals surface area contributed by atoms with Crippen molar-refractivity contribution >= 4 is 33.9 Å². The van der Waals surface area contributed by atoms with E-state index in [4.69, 9.17) is 4.43 Å². The summed E-state index contributed by atoms with van der Waals surface area (Å²) in [4.78, 5) is 36.8. The molecule has 1 aliphatic rings. The van der Waals surface area contributed by atoms with Crippen LogP contribution in [-0.4, -0.2) is 45.1 Å². The molecule has 0 aromatic heterocycles. The smallest absolute Gasteiger partial charge is 0.303 e. The molecule has 0 amide bonds. The summed E-state index contributed by atoms with van der Waals surface area (Å²) < 4.78 is 6.28. The van der Waals surface area contributed by atoms with E-state index in [9.17, 15) is 19.5 Å². The normalized spacial score (nSPS) is 19.3. The van der Waals surface area contributed by atoms with Crippen molar-refractivity contribution < 1.29 is 23.9 Å². The summed E-state index contributed by atoms with van der Waals surface area (Å²) in [6, 6.07) is 0. The Morgan fingerprint density at radius 1 is 1.17 bits per heavy atom. The van der Waals surface area contributed by atoms with Crippen molar-refractivity contribution in [3.8, 4) is 0 Å². The molecule has 1 aliphatic carbocycles. The van der Waals surface area contributed by atoms with E-state index < -0.39 is 22.4 Å². The van der Waals surface area contributed by atoms with Crippen molar-refractivity contribution in [2.24, 2.45) is 0 Å². The van der Waals surface area contributed by atoms with Crippen LogP contribution in [0.1, 0.15) is 45.4 Å². The number of unbranched alkanes of at least 4 members (excludes halogenated alkanes) is 2. The molecule has 0 heterocycles. The lowest BCUT2D eigenvalue weighted by atomic mass is 10.0. The SMILES string of the molecule is CCCCCC(=O)C=CC1=C(C(CC(=O)O)[Si](C)(C)C)C(=O)CC1O[Si](C)(C)C. The van der Waals surface area contributed by atoms with Crippen LogP contribution in [0, 0.1) is 0 Å². The first kappa shape index (κ1) is 25.7. The first-order chi connectivity index (χ1) is 13.3. The minimum atomic E-state index is -1.99. The van der Waals surface area contributed by atoms with Gasteiger partial charge in [-0.3, -0.25) is 14.4 Å². The van der Waals surface area contributed by atoms with Crippen molar-refractivity contribution in [3.05, 3.63) is 23.3 Å². The number of carbonyl (C=O) groups is 3. The van der Waals surface area contributed by atoms with Gasteiger partial charge in [-0.2, -0.15) is 0 Å². The maximum atomic E-state index is 13.0. The number of carboxylic acids is 1. The van der Waals surface area contributed by atoms with E-state index in [1.54, 1.807) is 12.2 Å². The monoisotopic (exact) mass is 438 g/mol. The lowest BCUT2D eigenvalue weighted by Gasteiger charge is -2.29. The Labute approximate surface area is 177 Å². The van der Waals surface area contributed by atoms with Crippen LogP contribution in [0.15, 0.2) is 23.3 Å². The third-order valence-corrected chi connectivity index (χ3v) is 8.65. The Morgan fingerprint density at radius 2 is 1.79 bits per heavy atom. The van der Waals surface area contributed by atoms with Gasteiger partial charge in [0.15, 0.2) is 19.9 Å². The molecule has 0 aliphatic heterocycles. The van der Waals surface area contributed by atoms with E-state index in [0.29, 0.717) is 12.0 Å². The Hall–Kier alpha value is -1.32. The zero-order valence-corrected chi connectivity index (χ0v) is 21.1. The highest BCUT2D eigenvalue weighted by Crippen LogP contribution is 2.42. The zero-order valence-electron chi connectivity index (χ0n) is 19.1. The van der Waals surface area contributed by atoms with Crippen molar-refractivity contribution in [3.63, 3.8) is 0 Å². The molecule has 1 N–H and O–H groups in total. The summed E-state index contributed by atoms with van der Waals surface area (Å²) in [6.45, 7) is 14.6. The zero-order chi connectivity index (χ0) is 22.4. The van der Waals surface area contributed by atoms with Gasteiger partial charge in [0.25, 0.3) is 0 Å². The minimum Gasteiger partial charge on any atom is -0.481 e. The van der Waals surface area contributed by atoms with Gasteiger partial charge >= 0.3 is 5.97 Å². The van der Waals surface area contributed by atoms with Gasteiger partial charge in [-0.05, 0) is 43.3 Å². The van der Waals surface area contributed by atoms with Crippen LogP contribution in [0.2, 0.25) is 44.8 Å². The number of carbonyl (C=O) groups excluding carboxylic acids is 2. The van der Waals surface area contributed by atoms with Crippen LogP contribution in [0.4, 0.5) is 0 Å². The fourth-order valence-electron chi connectivity index (χ4n) is 3.68. The number of ketones is 2. The van der Waals surface area contributed by atoms with E-state index in [2.05, 4.69) is 46.2 Å². The molecule has 0 saturated carbocycles. The number of allylic oxidation sites excluding steroid dienone is 2. The summed E-state index contributed by atoms with van der Waals surface area (Å²) in [5.74, 6) is -0.884. The molecular weight excluding hydrogens is 400 g/mol. The van der Waals surface area contributed by atoms with E-state index in [1.807, 2.05) is 0 Å². The molecular formula is C22H38O5Si2. The van der Waals surface area contributed by atoms with Crippen LogP contribution in [-0.2, 0) is 18.8 Å². The summed E-state index contributed by atoms with van der Waals surface area (Å²) in [6.07, 6.45) is 6.53. The van der Waals surface area contributed by atoms with E-state index in [0.717, 1.165) is 24.8 Å². The first-order valence-electron chi connectivity index (χ1n) is 10.6. The van der Waals surface area contributed by atoms with Gasteiger partial charge in [0.2, 0.25) is 0 Å². The summed E-state index contributed by atoms with van der Waals surface area (Å²) in [7, 11) is -3.92. The predicted octanol–water partition coefficient (Wildman–Crippen LogP) is 5.36. The maximum absolute atomic E-state index is 13.0. The molecule has 1 rings (SSSR count). The molecule has 5 nitrogen and oxygen atoms in total. The van der Waals surface area contributed by atoms with Crippen LogP contribution in [0.3, 0.4) is 0 Å². The number of rotatable bonds is 12. The van der Waals surface area contributed by atoms with Crippen LogP contribution >= 0.6 is 0 Å². The second kappa shape index (κ2) is 10.6. The Kier molecular flexibility index (Phi) is 9.43. The highest BCUT2D eigenvalue weighted by molar-refractivity contribution is 6.78. The van der Waals surface area contributed by atoms with E-state index >= 15 is 0 Å². The summed E-state index contributed by atoms with van der Waals surface area (Å²) in [5.41, 5.74) is 1.03. The molecule has 2 unspecified atom stereocenters. The molecule has 0 fully saturated rings. The number of Topliss-reactive ketones (excluding diaryl/α,β-unsaturated/α-hetero) is 1. The Balaban J connectivity index is 3.36. The molecule has 29 heavy (non-hydrogen) atoms. The molecule has 7 heteroatoms. The van der Waals surface area contributed by atoms with Crippen LogP contribution < -0.4 is 0 Å². The molecule has 164 valence electrons. The lowest BCUT2D eigenvalue weighted by molar-refractivity contribution is -0.137. The molecule has 0 bridgehead atoms. The summed E-state index contributed by atoms with van der Waals surface area (Å²) >= 11 is 0. The second-order valence-electron chi connectivity index (χ2n) is 9.99. The standard InChI is InChI=1S/C22H38O5Si2/c1-8-9-10-11-16(23)12-13-17-19(27-29(5,6)7)14-18(24)22(17)20(15-21(25)26)28(2,3)4/h12-13,19-20H,8-11,14-15H2,1-7H3,(H,25,26). The Morgan fingerprint density at radius 3 is 2.28 bits per heavy atom. The second-order valence-corrected chi connectivity index (χ2v) is 19.9. The first-order valence-corrected chi connectivity index (χ1v) is 17.6. The van der Waals surface area contributed by atoms with Gasteiger partial charge in [0.05, 0.1) is 14.2 Å². The molecule has 0 aromatic rings. The third-order valence-electron chi connectivity index (χ3n) is 5.07. The number of aliphatic carboxylic acids is 1.